The highest BCUT2D eigenvalue weighted by atomic mass is 35.5. The standard InChI is InChI=1S/C16H21ClFN3/c1-4-13-16(17)15(21(3)20-13)10-14(19-5-2)11-7-6-8-12(18)9-11/h6-9,14,19H,4-5,10H2,1-3H3. The molecule has 0 amide bonds. The van der Waals surface area contributed by atoms with Crippen molar-refractivity contribution in [3.63, 3.8) is 0 Å². The van der Waals surface area contributed by atoms with E-state index in [-0.39, 0.29) is 11.9 Å². The fourth-order valence-corrected chi connectivity index (χ4v) is 2.88. The number of benzene rings is 1. The molecule has 5 heteroatoms. The van der Waals surface area contributed by atoms with Gasteiger partial charge in [-0.3, -0.25) is 4.68 Å². The van der Waals surface area contributed by atoms with Gasteiger partial charge >= 0.3 is 0 Å². The lowest BCUT2D eigenvalue weighted by Gasteiger charge is -2.19. The van der Waals surface area contributed by atoms with Crippen molar-refractivity contribution in [2.24, 2.45) is 7.05 Å². The summed E-state index contributed by atoms with van der Waals surface area (Å²) in [6, 6.07) is 6.71. The molecule has 114 valence electrons. The summed E-state index contributed by atoms with van der Waals surface area (Å²) < 4.78 is 15.3. The molecular formula is C16H21ClFN3. The average molecular weight is 310 g/mol. The first-order valence-corrected chi connectivity index (χ1v) is 7.63. The van der Waals surface area contributed by atoms with Gasteiger partial charge < -0.3 is 5.32 Å². The maximum absolute atomic E-state index is 13.5. The van der Waals surface area contributed by atoms with Crippen molar-refractivity contribution < 1.29 is 4.39 Å². The molecule has 0 saturated carbocycles. The summed E-state index contributed by atoms with van der Waals surface area (Å²) in [5.41, 5.74) is 2.81. The molecule has 1 aromatic carbocycles. The van der Waals surface area contributed by atoms with Crippen molar-refractivity contribution in [3.05, 3.63) is 52.1 Å². The molecule has 3 nitrogen and oxygen atoms in total. The Hall–Kier alpha value is -1.39. The minimum Gasteiger partial charge on any atom is -0.310 e. The zero-order chi connectivity index (χ0) is 15.4. The first kappa shape index (κ1) is 16.0. The van der Waals surface area contributed by atoms with Crippen LogP contribution in [0.1, 0.15) is 36.8 Å². The number of halogens is 2. The predicted molar refractivity (Wildman–Crippen MR) is 84.1 cm³/mol. The van der Waals surface area contributed by atoms with Crippen LogP contribution in [-0.4, -0.2) is 16.3 Å². The third-order valence-electron chi connectivity index (χ3n) is 3.60. The molecule has 21 heavy (non-hydrogen) atoms. The highest BCUT2D eigenvalue weighted by molar-refractivity contribution is 6.31. The molecule has 0 aliphatic heterocycles. The van der Waals surface area contributed by atoms with Crippen LogP contribution in [-0.2, 0) is 19.9 Å². The van der Waals surface area contributed by atoms with Gasteiger partial charge in [-0.15, -0.1) is 0 Å². The summed E-state index contributed by atoms with van der Waals surface area (Å²) in [5.74, 6) is -0.222. The summed E-state index contributed by atoms with van der Waals surface area (Å²) in [5, 5.41) is 8.55. The van der Waals surface area contributed by atoms with Crippen molar-refractivity contribution in [3.8, 4) is 0 Å². The minimum atomic E-state index is -0.222. The summed E-state index contributed by atoms with van der Waals surface area (Å²) in [6.45, 7) is 4.87. The third-order valence-corrected chi connectivity index (χ3v) is 4.04. The molecule has 1 unspecified atom stereocenters. The van der Waals surface area contributed by atoms with Crippen LogP contribution in [0.5, 0.6) is 0 Å². The van der Waals surface area contributed by atoms with E-state index in [0.29, 0.717) is 6.42 Å². The zero-order valence-electron chi connectivity index (χ0n) is 12.7. The first-order valence-electron chi connectivity index (χ1n) is 7.25. The van der Waals surface area contributed by atoms with E-state index in [9.17, 15) is 4.39 Å². The summed E-state index contributed by atoms with van der Waals surface area (Å²) in [7, 11) is 1.90. The number of rotatable bonds is 6. The van der Waals surface area contributed by atoms with E-state index in [1.165, 1.54) is 6.07 Å². The Labute approximate surface area is 130 Å². The van der Waals surface area contributed by atoms with E-state index in [0.717, 1.165) is 34.9 Å². The Morgan fingerprint density at radius 1 is 1.38 bits per heavy atom. The summed E-state index contributed by atoms with van der Waals surface area (Å²) in [4.78, 5) is 0. The Morgan fingerprint density at radius 2 is 2.14 bits per heavy atom. The molecule has 1 atom stereocenters. The molecule has 2 rings (SSSR count). The van der Waals surface area contributed by atoms with Gasteiger partial charge in [-0.2, -0.15) is 5.10 Å². The third kappa shape index (κ3) is 3.63. The number of likely N-dealkylation sites (N-methyl/N-ethyl adjacent to an activating group) is 1. The molecule has 0 aliphatic carbocycles. The molecule has 0 bridgehead atoms. The van der Waals surface area contributed by atoms with Gasteiger partial charge in [-0.1, -0.05) is 37.6 Å². The largest absolute Gasteiger partial charge is 0.310 e. The van der Waals surface area contributed by atoms with Crippen LogP contribution in [0.4, 0.5) is 4.39 Å². The maximum Gasteiger partial charge on any atom is 0.123 e. The van der Waals surface area contributed by atoms with E-state index in [1.807, 2.05) is 31.6 Å². The van der Waals surface area contributed by atoms with E-state index in [1.54, 1.807) is 12.1 Å². The fraction of sp³-hybridized carbons (Fsp3) is 0.438. The van der Waals surface area contributed by atoms with E-state index in [4.69, 9.17) is 11.6 Å². The highest BCUT2D eigenvalue weighted by Gasteiger charge is 2.19. The van der Waals surface area contributed by atoms with Gasteiger partial charge in [0, 0.05) is 19.5 Å². The Bertz CT molecular complexity index is 610. The van der Waals surface area contributed by atoms with Gasteiger partial charge in [0.15, 0.2) is 0 Å². The molecule has 0 saturated heterocycles. The lowest BCUT2D eigenvalue weighted by atomic mass is 10.0. The minimum absolute atomic E-state index is 0.0170. The van der Waals surface area contributed by atoms with Gasteiger partial charge in [0.25, 0.3) is 0 Å². The Kier molecular flexibility index (Phi) is 5.37. The quantitative estimate of drug-likeness (QED) is 0.882. The molecule has 0 aliphatic rings. The van der Waals surface area contributed by atoms with Crippen molar-refractivity contribution in [1.82, 2.24) is 15.1 Å². The van der Waals surface area contributed by atoms with Crippen LogP contribution in [0.2, 0.25) is 5.02 Å². The molecule has 0 spiro atoms. The normalized spacial score (nSPS) is 12.6. The smallest absolute Gasteiger partial charge is 0.123 e. The molecular weight excluding hydrogens is 289 g/mol. The first-order chi connectivity index (χ1) is 10.1. The second-order valence-corrected chi connectivity index (χ2v) is 5.43. The van der Waals surface area contributed by atoms with E-state index >= 15 is 0 Å². The second-order valence-electron chi connectivity index (χ2n) is 5.05. The van der Waals surface area contributed by atoms with Crippen molar-refractivity contribution in [2.75, 3.05) is 6.54 Å². The lowest BCUT2D eigenvalue weighted by Crippen LogP contribution is -2.24. The topological polar surface area (TPSA) is 29.9 Å². The van der Waals surface area contributed by atoms with Crippen LogP contribution in [0.15, 0.2) is 24.3 Å². The van der Waals surface area contributed by atoms with Gasteiger partial charge in [-0.25, -0.2) is 4.39 Å². The van der Waals surface area contributed by atoms with Crippen LogP contribution in [0.25, 0.3) is 0 Å². The van der Waals surface area contributed by atoms with Crippen LogP contribution >= 0.6 is 11.6 Å². The average Bonchev–Trinajstić information content (AvgIpc) is 2.74. The van der Waals surface area contributed by atoms with Gasteiger partial charge in [0.2, 0.25) is 0 Å². The number of nitrogens with one attached hydrogen (secondary N) is 1. The van der Waals surface area contributed by atoms with Crippen molar-refractivity contribution in [1.29, 1.82) is 0 Å². The van der Waals surface area contributed by atoms with Crippen LogP contribution < -0.4 is 5.32 Å². The van der Waals surface area contributed by atoms with E-state index < -0.39 is 0 Å². The Morgan fingerprint density at radius 3 is 2.71 bits per heavy atom. The number of aromatic nitrogens is 2. The van der Waals surface area contributed by atoms with Crippen molar-refractivity contribution in [2.45, 2.75) is 32.7 Å². The highest BCUT2D eigenvalue weighted by Crippen LogP contribution is 2.26. The predicted octanol–water partition coefficient (Wildman–Crippen LogP) is 3.67. The molecule has 2 aromatic rings. The molecule has 1 heterocycles. The SMILES string of the molecule is CCNC(Cc1c(Cl)c(CC)nn1C)c1cccc(F)c1. The lowest BCUT2D eigenvalue weighted by molar-refractivity contribution is 0.524. The molecule has 0 fully saturated rings. The molecule has 1 N–H and O–H groups in total. The number of hydrogen-bond donors (Lipinski definition) is 1. The number of nitrogens with zero attached hydrogens (tertiary/aromatic N) is 2. The van der Waals surface area contributed by atoms with Gasteiger partial charge in [0.05, 0.1) is 16.4 Å². The van der Waals surface area contributed by atoms with Crippen LogP contribution in [0, 0.1) is 5.82 Å². The van der Waals surface area contributed by atoms with Gasteiger partial charge in [-0.05, 0) is 30.7 Å². The fourth-order valence-electron chi connectivity index (χ4n) is 2.51. The Balaban J connectivity index is 2.30. The monoisotopic (exact) mass is 309 g/mol. The summed E-state index contributed by atoms with van der Waals surface area (Å²) >= 11 is 6.41. The number of aryl methyl sites for hydroxylation is 2. The van der Waals surface area contributed by atoms with E-state index in [2.05, 4.69) is 10.4 Å². The molecule has 1 aromatic heterocycles. The maximum atomic E-state index is 13.5. The van der Waals surface area contributed by atoms with Gasteiger partial charge in [0.1, 0.15) is 5.82 Å². The zero-order valence-corrected chi connectivity index (χ0v) is 13.4. The molecule has 0 radical (unpaired) electrons. The second kappa shape index (κ2) is 7.05. The number of hydrogen-bond acceptors (Lipinski definition) is 2. The van der Waals surface area contributed by atoms with Crippen molar-refractivity contribution >= 4 is 11.6 Å². The van der Waals surface area contributed by atoms with Crippen LogP contribution in [0.3, 0.4) is 0 Å². The summed E-state index contributed by atoms with van der Waals surface area (Å²) in [6.07, 6.45) is 1.48.